The third-order valence-electron chi connectivity index (χ3n) is 8.20. The molecule has 4 aromatic rings. The standard InChI is InChI=1S/C29H35N7O4/c1-38-22-10-6-9-21(17-22)34-11-13-35(14-12-34)27(28-31-32-33-36(28)20-7-4-5-8-20)23-15-19-16-25(39-2)26(40-3)18-24(19)30-29(23)37/h6,9-10,15-18,20,27H,4-5,7-8,11-14H2,1-3H3,(H,30,37)/t27-/m1/s1. The van der Waals surface area contributed by atoms with Crippen LogP contribution in [0.4, 0.5) is 5.69 Å². The molecule has 6 rings (SSSR count). The lowest BCUT2D eigenvalue weighted by Gasteiger charge is -2.40. The highest BCUT2D eigenvalue weighted by Gasteiger charge is 2.35. The average molecular weight is 546 g/mol. The number of tetrazole rings is 1. The monoisotopic (exact) mass is 545 g/mol. The second-order valence-electron chi connectivity index (χ2n) is 10.4. The Labute approximate surface area is 232 Å². The van der Waals surface area contributed by atoms with Crippen molar-refractivity contribution in [3.8, 4) is 17.2 Å². The first-order chi connectivity index (χ1) is 19.6. The number of benzene rings is 2. The number of hydrogen-bond donors (Lipinski definition) is 1. The van der Waals surface area contributed by atoms with Crippen molar-refractivity contribution in [1.82, 2.24) is 30.1 Å². The zero-order valence-corrected chi connectivity index (χ0v) is 23.2. The highest BCUT2D eigenvalue weighted by atomic mass is 16.5. The van der Waals surface area contributed by atoms with Gasteiger partial charge in [-0.1, -0.05) is 18.9 Å². The molecule has 1 saturated carbocycles. The number of aromatic amines is 1. The predicted octanol–water partition coefficient (Wildman–Crippen LogP) is 3.57. The Balaban J connectivity index is 1.39. The summed E-state index contributed by atoms with van der Waals surface area (Å²) in [6.45, 7) is 3.07. The minimum atomic E-state index is -0.399. The molecule has 11 nitrogen and oxygen atoms in total. The minimum absolute atomic E-state index is 0.166. The molecule has 1 atom stereocenters. The largest absolute Gasteiger partial charge is 0.497 e. The Morgan fingerprint density at radius 1 is 0.925 bits per heavy atom. The summed E-state index contributed by atoms with van der Waals surface area (Å²) in [4.78, 5) is 21.5. The molecule has 0 bridgehead atoms. The SMILES string of the molecule is COc1cccc(N2CCN([C@H](c3cc4cc(OC)c(OC)cc4[nH]c3=O)c3nnnn3C3CCCC3)CC2)c1. The van der Waals surface area contributed by atoms with Gasteiger partial charge in [0.2, 0.25) is 0 Å². The van der Waals surface area contributed by atoms with Crippen LogP contribution in [0.3, 0.4) is 0 Å². The number of ether oxygens (including phenoxy) is 3. The normalized spacial score (nSPS) is 17.3. The highest BCUT2D eigenvalue weighted by molar-refractivity contribution is 5.83. The molecular weight excluding hydrogens is 510 g/mol. The maximum atomic E-state index is 13.7. The van der Waals surface area contributed by atoms with E-state index in [1.54, 1.807) is 27.4 Å². The van der Waals surface area contributed by atoms with Crippen LogP contribution in [0.5, 0.6) is 17.2 Å². The van der Waals surface area contributed by atoms with E-state index in [1.165, 1.54) is 0 Å². The van der Waals surface area contributed by atoms with E-state index in [2.05, 4.69) is 42.4 Å². The fraction of sp³-hybridized carbons (Fsp3) is 0.448. The van der Waals surface area contributed by atoms with Crippen LogP contribution in [-0.4, -0.2) is 77.6 Å². The summed E-state index contributed by atoms with van der Waals surface area (Å²) in [5.74, 6) is 2.72. The molecule has 1 aliphatic heterocycles. The molecule has 3 heterocycles. The van der Waals surface area contributed by atoms with Crippen molar-refractivity contribution in [1.29, 1.82) is 0 Å². The van der Waals surface area contributed by atoms with Crippen LogP contribution >= 0.6 is 0 Å². The summed E-state index contributed by atoms with van der Waals surface area (Å²) in [6, 6.07) is 13.6. The molecule has 1 saturated heterocycles. The Hall–Kier alpha value is -4.12. The molecule has 210 valence electrons. The maximum absolute atomic E-state index is 13.7. The van der Waals surface area contributed by atoms with Crippen molar-refractivity contribution in [2.45, 2.75) is 37.8 Å². The first-order valence-electron chi connectivity index (χ1n) is 13.8. The van der Waals surface area contributed by atoms with Gasteiger partial charge in [-0.05, 0) is 47.5 Å². The zero-order chi connectivity index (χ0) is 27.6. The molecule has 0 amide bonds. The lowest BCUT2D eigenvalue weighted by Crippen LogP contribution is -2.49. The van der Waals surface area contributed by atoms with Crippen molar-refractivity contribution in [3.63, 3.8) is 0 Å². The van der Waals surface area contributed by atoms with E-state index in [0.717, 1.165) is 68.7 Å². The first kappa shape index (κ1) is 26.1. The van der Waals surface area contributed by atoms with Gasteiger partial charge in [0.05, 0.1) is 32.9 Å². The van der Waals surface area contributed by atoms with Gasteiger partial charge in [-0.25, -0.2) is 4.68 Å². The van der Waals surface area contributed by atoms with Gasteiger partial charge in [0, 0.05) is 54.9 Å². The highest BCUT2D eigenvalue weighted by Crippen LogP contribution is 2.36. The molecular formula is C29H35N7O4. The molecule has 1 N–H and O–H groups in total. The molecule has 2 aromatic carbocycles. The van der Waals surface area contributed by atoms with Gasteiger partial charge in [-0.2, -0.15) is 0 Å². The molecule has 40 heavy (non-hydrogen) atoms. The number of nitrogens with one attached hydrogen (secondary N) is 1. The Morgan fingerprint density at radius 3 is 2.40 bits per heavy atom. The van der Waals surface area contributed by atoms with Gasteiger partial charge < -0.3 is 24.1 Å². The summed E-state index contributed by atoms with van der Waals surface area (Å²) >= 11 is 0. The second kappa shape index (κ2) is 11.2. The Morgan fingerprint density at radius 2 is 1.68 bits per heavy atom. The summed E-state index contributed by atoms with van der Waals surface area (Å²) in [5, 5.41) is 13.9. The first-order valence-corrected chi connectivity index (χ1v) is 13.8. The molecule has 0 spiro atoms. The van der Waals surface area contributed by atoms with Crippen molar-refractivity contribution >= 4 is 16.6 Å². The fourth-order valence-corrected chi connectivity index (χ4v) is 6.09. The van der Waals surface area contributed by atoms with Gasteiger partial charge in [-0.15, -0.1) is 5.10 Å². The lowest BCUT2D eigenvalue weighted by molar-refractivity contribution is 0.197. The van der Waals surface area contributed by atoms with Gasteiger partial charge >= 0.3 is 0 Å². The van der Waals surface area contributed by atoms with Crippen LogP contribution in [0, 0.1) is 0 Å². The molecule has 1 aliphatic carbocycles. The number of methoxy groups -OCH3 is 3. The number of piperazine rings is 1. The molecule has 2 fully saturated rings. The van der Waals surface area contributed by atoms with Gasteiger partial charge in [0.15, 0.2) is 17.3 Å². The summed E-state index contributed by atoms with van der Waals surface area (Å²) in [7, 11) is 4.87. The molecule has 2 aliphatic rings. The smallest absolute Gasteiger partial charge is 0.253 e. The van der Waals surface area contributed by atoms with Crippen molar-refractivity contribution in [2.24, 2.45) is 0 Å². The Kier molecular flexibility index (Phi) is 7.29. The van der Waals surface area contributed by atoms with E-state index in [1.807, 2.05) is 28.9 Å². The summed E-state index contributed by atoms with van der Waals surface area (Å²) in [5.41, 5.74) is 2.25. The van der Waals surface area contributed by atoms with Crippen LogP contribution in [0.2, 0.25) is 0 Å². The summed E-state index contributed by atoms with van der Waals surface area (Å²) < 4.78 is 18.4. The second-order valence-corrected chi connectivity index (χ2v) is 10.4. The number of aromatic nitrogens is 5. The number of H-pyrrole nitrogens is 1. The zero-order valence-electron chi connectivity index (χ0n) is 23.2. The number of hydrogen-bond acceptors (Lipinski definition) is 9. The van der Waals surface area contributed by atoms with Gasteiger partial charge in [0.1, 0.15) is 11.8 Å². The number of rotatable bonds is 8. The van der Waals surface area contributed by atoms with E-state index in [-0.39, 0.29) is 11.6 Å². The third-order valence-corrected chi connectivity index (χ3v) is 8.20. The Bertz CT molecular complexity index is 1540. The van der Waals surface area contributed by atoms with Crippen molar-refractivity contribution in [3.05, 3.63) is 64.2 Å². The third kappa shape index (κ3) is 4.85. The van der Waals surface area contributed by atoms with Crippen molar-refractivity contribution < 1.29 is 14.2 Å². The predicted molar refractivity (Wildman–Crippen MR) is 152 cm³/mol. The van der Waals surface area contributed by atoms with Crippen LogP contribution in [0.15, 0.2) is 47.3 Å². The number of nitrogens with zero attached hydrogens (tertiary/aromatic N) is 6. The number of anilines is 1. The van der Waals surface area contributed by atoms with E-state index < -0.39 is 6.04 Å². The fourth-order valence-electron chi connectivity index (χ4n) is 6.09. The maximum Gasteiger partial charge on any atom is 0.253 e. The number of fused-ring (bicyclic) bond motifs is 1. The lowest BCUT2D eigenvalue weighted by atomic mass is 10.0. The van der Waals surface area contributed by atoms with E-state index in [0.29, 0.717) is 28.4 Å². The van der Waals surface area contributed by atoms with Crippen LogP contribution in [0.1, 0.15) is 49.2 Å². The van der Waals surface area contributed by atoms with Gasteiger partial charge in [0.25, 0.3) is 5.56 Å². The minimum Gasteiger partial charge on any atom is -0.497 e. The quantitative estimate of drug-likeness (QED) is 0.355. The topological polar surface area (TPSA) is 111 Å². The van der Waals surface area contributed by atoms with Crippen LogP contribution < -0.4 is 24.7 Å². The number of pyridine rings is 1. The van der Waals surface area contributed by atoms with E-state index in [9.17, 15) is 4.79 Å². The molecule has 11 heteroatoms. The molecule has 0 radical (unpaired) electrons. The van der Waals surface area contributed by atoms with E-state index >= 15 is 0 Å². The average Bonchev–Trinajstić information content (AvgIpc) is 3.70. The summed E-state index contributed by atoms with van der Waals surface area (Å²) in [6.07, 6.45) is 4.40. The molecule has 2 aromatic heterocycles. The van der Waals surface area contributed by atoms with Gasteiger partial charge in [-0.3, -0.25) is 9.69 Å². The van der Waals surface area contributed by atoms with Crippen LogP contribution in [0.25, 0.3) is 10.9 Å². The molecule has 0 unspecified atom stereocenters. The van der Waals surface area contributed by atoms with Crippen molar-refractivity contribution in [2.75, 3.05) is 52.4 Å². The van der Waals surface area contributed by atoms with E-state index in [4.69, 9.17) is 14.2 Å². The van der Waals surface area contributed by atoms with Crippen LogP contribution in [-0.2, 0) is 0 Å².